The molecule has 0 fully saturated rings. The zero-order valence-corrected chi connectivity index (χ0v) is 11.8. The number of allylic oxidation sites excluding steroid dienone is 4. The van der Waals surface area contributed by atoms with Gasteiger partial charge >= 0.3 is 0 Å². The highest BCUT2D eigenvalue weighted by molar-refractivity contribution is 7.20. The van der Waals surface area contributed by atoms with Crippen molar-refractivity contribution in [3.63, 3.8) is 0 Å². The fraction of sp³-hybridized carbons (Fsp3) is 0.188. The van der Waals surface area contributed by atoms with Gasteiger partial charge < -0.3 is 0 Å². The molecule has 2 heteroatoms. The average Bonchev–Trinajstić information content (AvgIpc) is 2.73. The molecule has 0 amide bonds. The number of aryl methyl sites for hydroxylation is 1. The monoisotopic (exact) mass is 255 g/mol. The lowest BCUT2D eigenvalue weighted by atomic mass is 10.1. The molecule has 0 saturated heterocycles. The SMILES string of the molecule is C/N=C/C=C\C=C(/C)c1sc2ccccc2c1C. The first-order valence-corrected chi connectivity index (χ1v) is 6.80. The van der Waals surface area contributed by atoms with E-state index in [0.29, 0.717) is 0 Å². The van der Waals surface area contributed by atoms with Gasteiger partial charge in [0.15, 0.2) is 0 Å². The Morgan fingerprint density at radius 3 is 2.72 bits per heavy atom. The van der Waals surface area contributed by atoms with Crippen molar-refractivity contribution in [2.24, 2.45) is 4.99 Å². The van der Waals surface area contributed by atoms with Crippen LogP contribution in [0.25, 0.3) is 15.7 Å². The Hall–Kier alpha value is -1.67. The predicted octanol–water partition coefficient (Wildman–Crippen LogP) is 4.87. The van der Waals surface area contributed by atoms with Gasteiger partial charge in [-0.15, -0.1) is 11.3 Å². The van der Waals surface area contributed by atoms with Crippen molar-refractivity contribution in [1.82, 2.24) is 0 Å². The molecule has 0 aliphatic rings. The van der Waals surface area contributed by atoms with Gasteiger partial charge in [0, 0.05) is 22.8 Å². The van der Waals surface area contributed by atoms with Crippen LogP contribution in [0.15, 0.2) is 47.5 Å². The van der Waals surface area contributed by atoms with Gasteiger partial charge in [-0.3, -0.25) is 4.99 Å². The van der Waals surface area contributed by atoms with Crippen molar-refractivity contribution < 1.29 is 0 Å². The quantitative estimate of drug-likeness (QED) is 0.548. The Morgan fingerprint density at radius 1 is 1.22 bits per heavy atom. The first-order chi connectivity index (χ1) is 8.74. The molecule has 1 aromatic carbocycles. The maximum absolute atomic E-state index is 3.92. The number of nitrogens with zero attached hydrogens (tertiary/aromatic N) is 1. The molecule has 0 N–H and O–H groups in total. The molecular formula is C16H17NS. The summed E-state index contributed by atoms with van der Waals surface area (Å²) in [5.41, 5.74) is 2.68. The molecule has 0 aliphatic carbocycles. The molecule has 0 bridgehead atoms. The van der Waals surface area contributed by atoms with E-state index in [1.165, 1.54) is 26.1 Å². The van der Waals surface area contributed by atoms with Crippen LogP contribution in [0, 0.1) is 6.92 Å². The molecule has 0 saturated carbocycles. The van der Waals surface area contributed by atoms with E-state index in [1.807, 2.05) is 23.5 Å². The van der Waals surface area contributed by atoms with Crippen molar-refractivity contribution in [2.45, 2.75) is 13.8 Å². The first-order valence-electron chi connectivity index (χ1n) is 5.98. The van der Waals surface area contributed by atoms with Gasteiger partial charge in [-0.1, -0.05) is 30.4 Å². The number of hydrogen-bond acceptors (Lipinski definition) is 2. The second-order valence-electron chi connectivity index (χ2n) is 4.19. The van der Waals surface area contributed by atoms with E-state index in [-0.39, 0.29) is 0 Å². The summed E-state index contributed by atoms with van der Waals surface area (Å²) < 4.78 is 1.36. The summed E-state index contributed by atoms with van der Waals surface area (Å²) in [5.74, 6) is 0. The molecular weight excluding hydrogens is 238 g/mol. The van der Waals surface area contributed by atoms with Gasteiger partial charge in [0.2, 0.25) is 0 Å². The third kappa shape index (κ3) is 2.59. The Labute approximate surface area is 112 Å². The molecule has 2 rings (SSSR count). The molecule has 1 nitrogen and oxygen atoms in total. The Morgan fingerprint density at radius 2 is 2.00 bits per heavy atom. The zero-order valence-electron chi connectivity index (χ0n) is 11.0. The highest BCUT2D eigenvalue weighted by Gasteiger charge is 2.08. The highest BCUT2D eigenvalue weighted by atomic mass is 32.1. The Kier molecular flexibility index (Phi) is 4.11. The molecule has 2 aromatic rings. The Balaban J connectivity index is 2.39. The molecule has 0 spiro atoms. The largest absolute Gasteiger partial charge is 0.297 e. The van der Waals surface area contributed by atoms with Gasteiger partial charge in [-0.25, -0.2) is 0 Å². The predicted molar refractivity (Wildman–Crippen MR) is 83.8 cm³/mol. The van der Waals surface area contributed by atoms with Crippen LogP contribution in [-0.4, -0.2) is 13.3 Å². The molecule has 18 heavy (non-hydrogen) atoms. The number of hydrogen-bond donors (Lipinski definition) is 0. The Bertz CT molecular complexity index is 630. The summed E-state index contributed by atoms with van der Waals surface area (Å²) >= 11 is 1.86. The van der Waals surface area contributed by atoms with Gasteiger partial charge in [0.05, 0.1) is 0 Å². The summed E-state index contributed by atoms with van der Waals surface area (Å²) in [6, 6.07) is 8.57. The maximum atomic E-state index is 3.92. The van der Waals surface area contributed by atoms with Crippen molar-refractivity contribution in [1.29, 1.82) is 0 Å². The van der Waals surface area contributed by atoms with Crippen molar-refractivity contribution in [3.8, 4) is 0 Å². The second kappa shape index (κ2) is 5.78. The molecule has 0 aliphatic heterocycles. The van der Waals surface area contributed by atoms with Crippen LogP contribution in [0.2, 0.25) is 0 Å². The minimum Gasteiger partial charge on any atom is -0.297 e. The minimum absolute atomic E-state index is 1.30. The maximum Gasteiger partial charge on any atom is 0.0352 e. The van der Waals surface area contributed by atoms with E-state index < -0.39 is 0 Å². The molecule has 0 atom stereocenters. The zero-order chi connectivity index (χ0) is 13.0. The lowest BCUT2D eigenvalue weighted by Crippen LogP contribution is -1.77. The number of aliphatic imine (C=N–C) groups is 1. The fourth-order valence-electron chi connectivity index (χ4n) is 1.96. The van der Waals surface area contributed by atoms with Gasteiger partial charge in [0.1, 0.15) is 0 Å². The normalized spacial score (nSPS) is 13.2. The number of thiophene rings is 1. The molecule has 0 radical (unpaired) electrons. The van der Waals surface area contributed by atoms with Crippen LogP contribution in [0.3, 0.4) is 0 Å². The van der Waals surface area contributed by atoms with Gasteiger partial charge in [-0.05, 0) is 42.5 Å². The molecule has 1 heterocycles. The van der Waals surface area contributed by atoms with E-state index in [4.69, 9.17) is 0 Å². The van der Waals surface area contributed by atoms with Crippen LogP contribution in [0.4, 0.5) is 0 Å². The van der Waals surface area contributed by atoms with Crippen molar-refractivity contribution in [2.75, 3.05) is 7.05 Å². The van der Waals surface area contributed by atoms with E-state index in [0.717, 1.165) is 0 Å². The van der Waals surface area contributed by atoms with Crippen LogP contribution in [0.5, 0.6) is 0 Å². The lowest BCUT2D eigenvalue weighted by Gasteiger charge is -1.97. The fourth-order valence-corrected chi connectivity index (χ4v) is 3.15. The smallest absolute Gasteiger partial charge is 0.0352 e. The number of rotatable bonds is 3. The minimum atomic E-state index is 1.30. The highest BCUT2D eigenvalue weighted by Crippen LogP contribution is 2.34. The van der Waals surface area contributed by atoms with Gasteiger partial charge in [-0.2, -0.15) is 0 Å². The second-order valence-corrected chi connectivity index (χ2v) is 5.25. The van der Waals surface area contributed by atoms with Crippen LogP contribution < -0.4 is 0 Å². The van der Waals surface area contributed by atoms with E-state index in [1.54, 1.807) is 13.3 Å². The number of benzene rings is 1. The summed E-state index contributed by atoms with van der Waals surface area (Å²) in [7, 11) is 1.77. The van der Waals surface area contributed by atoms with Crippen molar-refractivity contribution >= 4 is 33.2 Å². The summed E-state index contributed by atoms with van der Waals surface area (Å²) in [4.78, 5) is 5.29. The summed E-state index contributed by atoms with van der Waals surface area (Å²) in [5, 5.41) is 1.37. The average molecular weight is 255 g/mol. The van der Waals surface area contributed by atoms with E-state index in [2.05, 4.69) is 49.2 Å². The van der Waals surface area contributed by atoms with Crippen molar-refractivity contribution in [3.05, 3.63) is 52.9 Å². The molecule has 0 unspecified atom stereocenters. The summed E-state index contributed by atoms with van der Waals surface area (Å²) in [6.45, 7) is 4.36. The van der Waals surface area contributed by atoms with Crippen LogP contribution >= 0.6 is 11.3 Å². The topological polar surface area (TPSA) is 12.4 Å². The van der Waals surface area contributed by atoms with Crippen LogP contribution in [-0.2, 0) is 0 Å². The lowest BCUT2D eigenvalue weighted by molar-refractivity contribution is 1.48. The third-order valence-electron chi connectivity index (χ3n) is 2.89. The third-order valence-corrected chi connectivity index (χ3v) is 4.30. The van der Waals surface area contributed by atoms with Gasteiger partial charge in [0.25, 0.3) is 0 Å². The first kappa shape index (κ1) is 12.8. The summed E-state index contributed by atoms with van der Waals surface area (Å²) in [6.07, 6.45) is 7.92. The van der Waals surface area contributed by atoms with E-state index in [9.17, 15) is 0 Å². The molecule has 1 aromatic heterocycles. The van der Waals surface area contributed by atoms with Crippen LogP contribution in [0.1, 0.15) is 17.4 Å². The van der Waals surface area contributed by atoms with E-state index >= 15 is 0 Å². The number of fused-ring (bicyclic) bond motifs is 1. The standard InChI is InChI=1S/C16H17NS/c1-12(8-6-7-11-17-3)16-13(2)14-9-4-5-10-15(14)18-16/h4-11H,1-3H3/b7-6-,12-8+,17-11+. The molecule has 92 valence electrons.